The van der Waals surface area contributed by atoms with Crippen LogP contribution in [-0.2, 0) is 9.59 Å². The maximum atomic E-state index is 12.1. The van der Waals surface area contributed by atoms with Crippen LogP contribution in [-0.4, -0.2) is 22.6 Å². The van der Waals surface area contributed by atoms with E-state index >= 15 is 0 Å². The monoisotopic (exact) mass is 402 g/mol. The molecule has 1 heterocycles. The van der Waals surface area contributed by atoms with Crippen molar-refractivity contribution in [1.82, 2.24) is 9.99 Å². The molecule has 2 N–H and O–H groups in total. The maximum absolute atomic E-state index is 12.1. The molecule has 2 amide bonds. The van der Waals surface area contributed by atoms with Crippen molar-refractivity contribution in [3.63, 3.8) is 0 Å². The third-order valence-electron chi connectivity index (χ3n) is 4.90. The molecular weight excluding hydrogens is 376 g/mol. The lowest BCUT2D eigenvalue weighted by atomic mass is 10.0. The molecule has 2 aromatic carbocycles. The first-order valence-corrected chi connectivity index (χ1v) is 9.85. The summed E-state index contributed by atoms with van der Waals surface area (Å²) in [6, 6.07) is 19.4. The van der Waals surface area contributed by atoms with Gasteiger partial charge in [-0.15, -0.1) is 0 Å². The van der Waals surface area contributed by atoms with Crippen molar-refractivity contribution in [2.24, 2.45) is 5.10 Å². The fourth-order valence-electron chi connectivity index (χ4n) is 3.24. The van der Waals surface area contributed by atoms with Crippen molar-refractivity contribution >= 4 is 23.7 Å². The van der Waals surface area contributed by atoms with Crippen molar-refractivity contribution in [3.05, 3.63) is 83.2 Å². The van der Waals surface area contributed by atoms with E-state index in [1.807, 2.05) is 62.4 Å². The molecular formula is C24H26N4O2. The molecule has 0 aliphatic carbocycles. The summed E-state index contributed by atoms with van der Waals surface area (Å²) in [4.78, 5) is 24.1. The number of aromatic nitrogens is 1. The highest BCUT2D eigenvalue weighted by Crippen LogP contribution is 2.19. The topological polar surface area (TPSA) is 75.5 Å². The van der Waals surface area contributed by atoms with Crippen molar-refractivity contribution in [3.8, 4) is 5.69 Å². The number of carbonyl (C=O) groups is 2. The van der Waals surface area contributed by atoms with Crippen molar-refractivity contribution in [2.75, 3.05) is 5.32 Å². The van der Waals surface area contributed by atoms with E-state index in [9.17, 15) is 9.59 Å². The predicted octanol–water partition coefficient (Wildman–Crippen LogP) is 4.31. The number of hydrogen-bond acceptors (Lipinski definition) is 3. The Morgan fingerprint density at radius 2 is 1.63 bits per heavy atom. The first kappa shape index (κ1) is 21.0. The molecule has 3 aromatic rings. The molecule has 0 saturated heterocycles. The summed E-state index contributed by atoms with van der Waals surface area (Å²) < 4.78 is 2.11. The molecule has 0 spiro atoms. The van der Waals surface area contributed by atoms with Gasteiger partial charge in [-0.3, -0.25) is 9.59 Å². The highest BCUT2D eigenvalue weighted by molar-refractivity contribution is 6.39. The van der Waals surface area contributed by atoms with Gasteiger partial charge in [0, 0.05) is 28.3 Å². The number of nitrogens with zero attached hydrogens (tertiary/aromatic N) is 2. The van der Waals surface area contributed by atoms with Gasteiger partial charge in [-0.2, -0.15) is 5.10 Å². The van der Waals surface area contributed by atoms with Gasteiger partial charge in [-0.1, -0.05) is 44.2 Å². The van der Waals surface area contributed by atoms with Gasteiger partial charge in [0.25, 0.3) is 0 Å². The zero-order valence-corrected chi connectivity index (χ0v) is 17.6. The standard InChI is InChI=1S/C24H26N4O2/c1-16(2)19-10-12-21(13-11-19)26-23(29)24(30)27-25-15-20-14-17(3)28(18(20)4)22-8-6-5-7-9-22/h5-16H,1-4H3,(H,26,29)(H,27,30). The Bertz CT molecular complexity index is 1060. The first-order valence-electron chi connectivity index (χ1n) is 9.85. The van der Waals surface area contributed by atoms with Crippen LogP contribution >= 0.6 is 0 Å². The van der Waals surface area contributed by atoms with E-state index in [1.165, 1.54) is 0 Å². The maximum Gasteiger partial charge on any atom is 0.329 e. The van der Waals surface area contributed by atoms with Crippen LogP contribution in [0.15, 0.2) is 65.8 Å². The average molecular weight is 402 g/mol. The zero-order valence-electron chi connectivity index (χ0n) is 17.6. The smallest absolute Gasteiger partial charge is 0.318 e. The Balaban J connectivity index is 1.62. The van der Waals surface area contributed by atoms with E-state index in [4.69, 9.17) is 0 Å². The molecule has 30 heavy (non-hydrogen) atoms. The number of benzene rings is 2. The Morgan fingerprint density at radius 3 is 2.27 bits per heavy atom. The fraction of sp³-hybridized carbons (Fsp3) is 0.208. The first-order chi connectivity index (χ1) is 14.4. The molecule has 0 fully saturated rings. The predicted molar refractivity (Wildman–Crippen MR) is 120 cm³/mol. The molecule has 0 aliphatic heterocycles. The van der Waals surface area contributed by atoms with Crippen LogP contribution in [0.2, 0.25) is 0 Å². The molecule has 0 radical (unpaired) electrons. The molecule has 0 bridgehead atoms. The van der Waals surface area contributed by atoms with Crippen LogP contribution in [0.1, 0.15) is 42.3 Å². The number of rotatable bonds is 5. The second kappa shape index (κ2) is 9.22. The molecule has 1 aromatic heterocycles. The number of amides is 2. The zero-order chi connectivity index (χ0) is 21.7. The third-order valence-corrected chi connectivity index (χ3v) is 4.90. The second-order valence-corrected chi connectivity index (χ2v) is 7.43. The molecule has 6 heteroatoms. The van der Waals surface area contributed by atoms with Gasteiger partial charge in [0.15, 0.2) is 0 Å². The highest BCUT2D eigenvalue weighted by atomic mass is 16.2. The Morgan fingerprint density at radius 1 is 0.967 bits per heavy atom. The third kappa shape index (κ3) is 4.84. The summed E-state index contributed by atoms with van der Waals surface area (Å²) in [6.45, 7) is 8.18. The number of hydrogen-bond donors (Lipinski definition) is 2. The molecule has 0 atom stereocenters. The van der Waals surface area contributed by atoms with E-state index in [1.54, 1.807) is 18.3 Å². The van der Waals surface area contributed by atoms with E-state index < -0.39 is 11.8 Å². The Labute approximate surface area is 176 Å². The van der Waals surface area contributed by atoms with E-state index in [0.717, 1.165) is 28.2 Å². The van der Waals surface area contributed by atoms with Crippen LogP contribution in [0, 0.1) is 13.8 Å². The quantitative estimate of drug-likeness (QED) is 0.379. The van der Waals surface area contributed by atoms with Gasteiger partial charge in [0.05, 0.1) is 6.21 Å². The van der Waals surface area contributed by atoms with Gasteiger partial charge in [-0.05, 0) is 55.7 Å². The van der Waals surface area contributed by atoms with E-state index in [2.05, 4.69) is 34.3 Å². The minimum Gasteiger partial charge on any atom is -0.318 e. The fourth-order valence-corrected chi connectivity index (χ4v) is 3.24. The Kier molecular flexibility index (Phi) is 6.47. The number of para-hydroxylation sites is 1. The summed E-state index contributed by atoms with van der Waals surface area (Å²) in [7, 11) is 0. The Hall–Kier alpha value is -3.67. The molecule has 0 aliphatic rings. The second-order valence-electron chi connectivity index (χ2n) is 7.43. The molecule has 0 saturated carbocycles. The number of nitrogens with one attached hydrogen (secondary N) is 2. The number of carbonyl (C=O) groups excluding carboxylic acids is 2. The lowest BCUT2D eigenvalue weighted by molar-refractivity contribution is -0.136. The number of hydrazone groups is 1. The van der Waals surface area contributed by atoms with Crippen molar-refractivity contribution < 1.29 is 9.59 Å². The van der Waals surface area contributed by atoms with E-state index in [-0.39, 0.29) is 0 Å². The molecule has 3 rings (SSSR count). The highest BCUT2D eigenvalue weighted by Gasteiger charge is 2.14. The summed E-state index contributed by atoms with van der Waals surface area (Å²) in [5.41, 5.74) is 7.97. The van der Waals surface area contributed by atoms with Gasteiger partial charge >= 0.3 is 11.8 Å². The molecule has 154 valence electrons. The van der Waals surface area contributed by atoms with Crippen LogP contribution < -0.4 is 10.7 Å². The summed E-state index contributed by atoms with van der Waals surface area (Å²) >= 11 is 0. The van der Waals surface area contributed by atoms with Gasteiger partial charge in [0.1, 0.15) is 0 Å². The average Bonchev–Trinajstić information content (AvgIpc) is 3.02. The van der Waals surface area contributed by atoms with Crippen LogP contribution in [0.3, 0.4) is 0 Å². The van der Waals surface area contributed by atoms with Gasteiger partial charge < -0.3 is 9.88 Å². The van der Waals surface area contributed by atoms with Gasteiger partial charge in [0.2, 0.25) is 0 Å². The SMILES string of the molecule is Cc1cc(C=NNC(=O)C(=O)Nc2ccc(C(C)C)cc2)c(C)n1-c1ccccc1. The largest absolute Gasteiger partial charge is 0.329 e. The minimum absolute atomic E-state index is 0.399. The van der Waals surface area contributed by atoms with Crippen LogP contribution in [0.5, 0.6) is 0 Å². The molecule has 6 nitrogen and oxygen atoms in total. The lowest BCUT2D eigenvalue weighted by Gasteiger charge is -2.09. The van der Waals surface area contributed by atoms with Crippen molar-refractivity contribution in [1.29, 1.82) is 0 Å². The van der Waals surface area contributed by atoms with E-state index in [0.29, 0.717) is 11.6 Å². The minimum atomic E-state index is -0.823. The number of aryl methyl sites for hydroxylation is 1. The summed E-state index contributed by atoms with van der Waals surface area (Å²) in [5.74, 6) is -1.19. The molecule has 0 unspecified atom stereocenters. The number of anilines is 1. The summed E-state index contributed by atoms with van der Waals surface area (Å²) in [5, 5.41) is 6.53. The van der Waals surface area contributed by atoms with Gasteiger partial charge in [-0.25, -0.2) is 5.43 Å². The van der Waals surface area contributed by atoms with Crippen LogP contribution in [0.4, 0.5) is 5.69 Å². The van der Waals surface area contributed by atoms with Crippen LogP contribution in [0.25, 0.3) is 5.69 Å². The van der Waals surface area contributed by atoms with Crippen molar-refractivity contribution in [2.45, 2.75) is 33.6 Å². The lowest BCUT2D eigenvalue weighted by Crippen LogP contribution is -2.32. The normalized spacial score (nSPS) is 11.1. The summed E-state index contributed by atoms with van der Waals surface area (Å²) in [6.07, 6.45) is 1.55.